The Morgan fingerprint density at radius 2 is 1.69 bits per heavy atom. The molecule has 3 rings (SSSR count). The molecule has 2 aromatic carbocycles. The molecule has 78 valence electrons. The van der Waals surface area contributed by atoms with Gasteiger partial charge in [0.05, 0.1) is 5.52 Å². The molecule has 0 aliphatic rings. The topological polar surface area (TPSA) is 4.93 Å². The number of benzene rings is 2. The minimum atomic E-state index is -0.196. The zero-order valence-corrected chi connectivity index (χ0v) is 8.60. The van der Waals surface area contributed by atoms with E-state index in [4.69, 9.17) is 0 Å². The number of fused-ring (bicyclic) bond motifs is 1. The van der Waals surface area contributed by atoms with E-state index < -0.39 is 0 Å². The van der Waals surface area contributed by atoms with Crippen molar-refractivity contribution in [3.05, 3.63) is 66.6 Å². The molecule has 0 saturated heterocycles. The fourth-order valence-electron chi connectivity index (χ4n) is 1.93. The highest BCUT2D eigenvalue weighted by Gasteiger charge is 2.03. The SMILES string of the molecule is Fc1ccc2c(ccn2-c2ccccc2)c1. The van der Waals surface area contributed by atoms with Crippen LogP contribution in [0.3, 0.4) is 0 Å². The second kappa shape index (κ2) is 3.49. The van der Waals surface area contributed by atoms with Crippen molar-refractivity contribution in [3.8, 4) is 5.69 Å². The standard InChI is InChI=1S/C14H10FN/c15-12-6-7-14-11(10-12)8-9-16(14)13-4-2-1-3-5-13/h1-10H. The largest absolute Gasteiger partial charge is 0.317 e. The smallest absolute Gasteiger partial charge is 0.123 e. The molecule has 0 saturated carbocycles. The summed E-state index contributed by atoms with van der Waals surface area (Å²) in [5, 5.41) is 0.920. The molecular formula is C14H10FN. The van der Waals surface area contributed by atoms with Crippen LogP contribution in [0.2, 0.25) is 0 Å². The van der Waals surface area contributed by atoms with E-state index >= 15 is 0 Å². The van der Waals surface area contributed by atoms with Crippen molar-refractivity contribution in [2.45, 2.75) is 0 Å². The Hall–Kier alpha value is -2.09. The fraction of sp³-hybridized carbons (Fsp3) is 0. The third kappa shape index (κ3) is 1.39. The molecule has 0 aliphatic carbocycles. The Kier molecular flexibility index (Phi) is 2.00. The lowest BCUT2D eigenvalue weighted by molar-refractivity contribution is 0.629. The highest BCUT2D eigenvalue weighted by Crippen LogP contribution is 2.20. The normalized spacial score (nSPS) is 10.8. The summed E-state index contributed by atoms with van der Waals surface area (Å²) in [4.78, 5) is 0. The van der Waals surface area contributed by atoms with Crippen LogP contribution in [0.15, 0.2) is 60.8 Å². The number of hydrogen-bond acceptors (Lipinski definition) is 0. The maximum absolute atomic E-state index is 13.0. The predicted molar refractivity (Wildman–Crippen MR) is 63.2 cm³/mol. The number of para-hydroxylation sites is 1. The fourth-order valence-corrected chi connectivity index (χ4v) is 1.93. The average molecular weight is 211 g/mol. The summed E-state index contributed by atoms with van der Waals surface area (Å²) in [6, 6.07) is 16.8. The van der Waals surface area contributed by atoms with Crippen LogP contribution in [0.1, 0.15) is 0 Å². The van der Waals surface area contributed by atoms with Crippen LogP contribution in [0.25, 0.3) is 16.6 Å². The van der Waals surface area contributed by atoms with E-state index in [1.165, 1.54) is 6.07 Å². The van der Waals surface area contributed by atoms with Gasteiger partial charge in [-0.15, -0.1) is 0 Å². The molecule has 16 heavy (non-hydrogen) atoms. The molecule has 2 heteroatoms. The Balaban J connectivity index is 2.26. The molecular weight excluding hydrogens is 201 g/mol. The van der Waals surface area contributed by atoms with Gasteiger partial charge in [0.1, 0.15) is 5.82 Å². The van der Waals surface area contributed by atoms with Gasteiger partial charge < -0.3 is 4.57 Å². The summed E-state index contributed by atoms with van der Waals surface area (Å²) in [5.74, 6) is -0.196. The van der Waals surface area contributed by atoms with Crippen molar-refractivity contribution < 1.29 is 4.39 Å². The minimum absolute atomic E-state index is 0.196. The summed E-state index contributed by atoms with van der Waals surface area (Å²) in [5.41, 5.74) is 2.11. The Morgan fingerprint density at radius 3 is 2.50 bits per heavy atom. The van der Waals surface area contributed by atoms with Gasteiger partial charge in [0.2, 0.25) is 0 Å². The molecule has 1 nitrogen and oxygen atoms in total. The molecule has 1 aromatic heterocycles. The number of nitrogens with zero attached hydrogens (tertiary/aromatic N) is 1. The molecule has 0 aliphatic heterocycles. The molecule has 0 fully saturated rings. The summed E-state index contributed by atoms with van der Waals surface area (Å²) in [6.07, 6.45) is 1.96. The Morgan fingerprint density at radius 1 is 0.875 bits per heavy atom. The number of hydrogen-bond donors (Lipinski definition) is 0. The van der Waals surface area contributed by atoms with Gasteiger partial charge in [-0.25, -0.2) is 4.39 Å². The van der Waals surface area contributed by atoms with Gasteiger partial charge in [-0.3, -0.25) is 0 Å². The number of aromatic nitrogens is 1. The van der Waals surface area contributed by atoms with Crippen LogP contribution in [0, 0.1) is 5.82 Å². The van der Waals surface area contributed by atoms with Gasteiger partial charge in [-0.05, 0) is 36.4 Å². The van der Waals surface area contributed by atoms with Gasteiger partial charge in [0.25, 0.3) is 0 Å². The van der Waals surface area contributed by atoms with Gasteiger partial charge in [-0.2, -0.15) is 0 Å². The molecule has 0 atom stereocenters. The van der Waals surface area contributed by atoms with E-state index in [9.17, 15) is 4.39 Å². The first kappa shape index (κ1) is 9.16. The van der Waals surface area contributed by atoms with E-state index in [0.717, 1.165) is 16.6 Å². The van der Waals surface area contributed by atoms with E-state index in [0.29, 0.717) is 0 Å². The minimum Gasteiger partial charge on any atom is -0.317 e. The first-order chi connectivity index (χ1) is 7.84. The first-order valence-electron chi connectivity index (χ1n) is 5.17. The summed E-state index contributed by atoms with van der Waals surface area (Å²) >= 11 is 0. The van der Waals surface area contributed by atoms with Crippen LogP contribution in [0.5, 0.6) is 0 Å². The van der Waals surface area contributed by atoms with Crippen LogP contribution in [0.4, 0.5) is 4.39 Å². The van der Waals surface area contributed by atoms with E-state index in [2.05, 4.69) is 4.57 Å². The molecule has 0 radical (unpaired) electrons. The Labute approximate surface area is 92.8 Å². The van der Waals surface area contributed by atoms with Crippen molar-refractivity contribution in [3.63, 3.8) is 0 Å². The van der Waals surface area contributed by atoms with Gasteiger partial charge >= 0.3 is 0 Å². The molecule has 0 N–H and O–H groups in total. The lowest BCUT2D eigenvalue weighted by Crippen LogP contribution is -1.90. The molecule has 3 aromatic rings. The van der Waals surface area contributed by atoms with Crippen molar-refractivity contribution >= 4 is 10.9 Å². The highest BCUT2D eigenvalue weighted by molar-refractivity contribution is 5.81. The second-order valence-corrected chi connectivity index (χ2v) is 3.72. The molecule has 0 bridgehead atoms. The molecule has 1 heterocycles. The van der Waals surface area contributed by atoms with Gasteiger partial charge in [0, 0.05) is 17.3 Å². The maximum Gasteiger partial charge on any atom is 0.123 e. The van der Waals surface area contributed by atoms with Crippen LogP contribution < -0.4 is 0 Å². The third-order valence-corrected chi connectivity index (χ3v) is 2.69. The predicted octanol–water partition coefficient (Wildman–Crippen LogP) is 3.77. The van der Waals surface area contributed by atoms with Crippen molar-refractivity contribution in [1.29, 1.82) is 0 Å². The average Bonchev–Trinajstić information content (AvgIpc) is 2.73. The van der Waals surface area contributed by atoms with E-state index in [1.54, 1.807) is 12.1 Å². The lowest BCUT2D eigenvalue weighted by Gasteiger charge is -2.04. The van der Waals surface area contributed by atoms with E-state index in [1.807, 2.05) is 42.6 Å². The quantitative estimate of drug-likeness (QED) is 0.577. The lowest BCUT2D eigenvalue weighted by atomic mass is 10.2. The van der Waals surface area contributed by atoms with Crippen molar-refractivity contribution in [2.24, 2.45) is 0 Å². The Bertz CT molecular complexity index is 626. The zero-order chi connectivity index (χ0) is 11.0. The van der Waals surface area contributed by atoms with Crippen LogP contribution in [-0.2, 0) is 0 Å². The maximum atomic E-state index is 13.0. The summed E-state index contributed by atoms with van der Waals surface area (Å²) < 4.78 is 15.1. The van der Waals surface area contributed by atoms with Crippen LogP contribution >= 0.6 is 0 Å². The second-order valence-electron chi connectivity index (χ2n) is 3.72. The van der Waals surface area contributed by atoms with Crippen LogP contribution in [-0.4, -0.2) is 4.57 Å². The zero-order valence-electron chi connectivity index (χ0n) is 8.60. The molecule has 0 unspecified atom stereocenters. The monoisotopic (exact) mass is 211 g/mol. The number of rotatable bonds is 1. The number of halogens is 1. The third-order valence-electron chi connectivity index (χ3n) is 2.69. The molecule has 0 amide bonds. The van der Waals surface area contributed by atoms with Gasteiger partial charge in [-0.1, -0.05) is 18.2 Å². The highest BCUT2D eigenvalue weighted by atomic mass is 19.1. The summed E-state index contributed by atoms with van der Waals surface area (Å²) in [6.45, 7) is 0. The summed E-state index contributed by atoms with van der Waals surface area (Å²) in [7, 11) is 0. The van der Waals surface area contributed by atoms with Crippen molar-refractivity contribution in [2.75, 3.05) is 0 Å². The first-order valence-corrected chi connectivity index (χ1v) is 5.17. The van der Waals surface area contributed by atoms with Crippen molar-refractivity contribution in [1.82, 2.24) is 4.57 Å². The molecule has 0 spiro atoms. The van der Waals surface area contributed by atoms with Gasteiger partial charge in [0.15, 0.2) is 0 Å². The van der Waals surface area contributed by atoms with E-state index in [-0.39, 0.29) is 5.82 Å².